The summed E-state index contributed by atoms with van der Waals surface area (Å²) in [7, 11) is 0. The van der Waals surface area contributed by atoms with E-state index in [0.29, 0.717) is 19.4 Å². The van der Waals surface area contributed by atoms with Crippen molar-refractivity contribution in [3.8, 4) is 6.07 Å². The minimum Gasteiger partial charge on any atom is -0.372 e. The standard InChI is InChI=1S/C20H24F3N5O3/c21-20(22,23)11-26-15-2-1-7-28(19(15)31)16(8-12-3-4-12)18(30)27-14(10-24)9-13-5-6-25-17(13)29/h1-2,7,12-14,16,26H,3-6,8-9,11H2,(H,25,29)(H,27,30)/t13-,14-,16?/m0/s1. The highest BCUT2D eigenvalue weighted by molar-refractivity contribution is 5.82. The van der Waals surface area contributed by atoms with Crippen LogP contribution in [0.3, 0.4) is 0 Å². The molecule has 31 heavy (non-hydrogen) atoms. The lowest BCUT2D eigenvalue weighted by Crippen LogP contribution is -2.43. The fourth-order valence-corrected chi connectivity index (χ4v) is 3.67. The second kappa shape index (κ2) is 9.41. The van der Waals surface area contributed by atoms with Crippen LogP contribution in [-0.2, 0) is 9.59 Å². The summed E-state index contributed by atoms with van der Waals surface area (Å²) in [5.41, 5.74) is -0.996. The number of carbonyl (C=O) groups is 2. The van der Waals surface area contributed by atoms with Crippen LogP contribution >= 0.6 is 0 Å². The van der Waals surface area contributed by atoms with Gasteiger partial charge in [0.05, 0.1) is 6.07 Å². The number of carbonyl (C=O) groups excluding carboxylic acids is 2. The minimum atomic E-state index is -4.50. The van der Waals surface area contributed by atoms with E-state index in [1.807, 2.05) is 6.07 Å². The Labute approximate surface area is 176 Å². The highest BCUT2D eigenvalue weighted by Crippen LogP contribution is 2.36. The van der Waals surface area contributed by atoms with Crippen LogP contribution in [0.2, 0.25) is 0 Å². The van der Waals surface area contributed by atoms with E-state index in [-0.39, 0.29) is 29.9 Å². The van der Waals surface area contributed by atoms with E-state index in [1.54, 1.807) is 0 Å². The Bertz CT molecular complexity index is 920. The zero-order valence-electron chi connectivity index (χ0n) is 16.7. The number of anilines is 1. The average Bonchev–Trinajstić information content (AvgIpc) is 3.45. The van der Waals surface area contributed by atoms with Crippen molar-refractivity contribution in [2.45, 2.75) is 50.4 Å². The number of amides is 2. The molecule has 1 aliphatic carbocycles. The Balaban J connectivity index is 1.76. The van der Waals surface area contributed by atoms with Gasteiger partial charge in [-0.2, -0.15) is 18.4 Å². The Kier molecular flexibility index (Phi) is 6.87. The molecule has 0 spiro atoms. The summed E-state index contributed by atoms with van der Waals surface area (Å²) in [6.07, 6.45) is -0.263. The number of rotatable bonds is 9. The van der Waals surface area contributed by atoms with Crippen LogP contribution in [0.5, 0.6) is 0 Å². The molecule has 2 fully saturated rings. The van der Waals surface area contributed by atoms with Crippen LogP contribution in [0.1, 0.15) is 38.1 Å². The smallest absolute Gasteiger partial charge is 0.372 e. The summed E-state index contributed by atoms with van der Waals surface area (Å²) < 4.78 is 38.7. The van der Waals surface area contributed by atoms with Crippen molar-refractivity contribution in [1.29, 1.82) is 5.26 Å². The first-order valence-corrected chi connectivity index (χ1v) is 10.2. The van der Waals surface area contributed by atoms with Crippen molar-refractivity contribution in [3.63, 3.8) is 0 Å². The molecule has 1 saturated heterocycles. The Morgan fingerprint density at radius 2 is 2.03 bits per heavy atom. The Morgan fingerprint density at radius 3 is 2.61 bits per heavy atom. The van der Waals surface area contributed by atoms with Gasteiger partial charge >= 0.3 is 6.18 Å². The molecule has 2 aliphatic rings. The van der Waals surface area contributed by atoms with Gasteiger partial charge in [-0.25, -0.2) is 0 Å². The molecular weight excluding hydrogens is 415 g/mol. The number of pyridine rings is 1. The second-order valence-corrected chi connectivity index (χ2v) is 8.00. The van der Waals surface area contributed by atoms with Gasteiger partial charge in [0, 0.05) is 18.7 Å². The van der Waals surface area contributed by atoms with Gasteiger partial charge in [0.1, 0.15) is 24.3 Å². The van der Waals surface area contributed by atoms with E-state index < -0.39 is 36.3 Å². The highest BCUT2D eigenvalue weighted by Gasteiger charge is 2.34. The molecule has 3 atom stereocenters. The molecule has 0 aromatic carbocycles. The molecular formula is C20H24F3N5O3. The molecule has 3 N–H and O–H groups in total. The number of alkyl halides is 3. The fraction of sp³-hybridized carbons (Fsp3) is 0.600. The van der Waals surface area contributed by atoms with E-state index >= 15 is 0 Å². The van der Waals surface area contributed by atoms with E-state index in [9.17, 15) is 32.8 Å². The zero-order chi connectivity index (χ0) is 22.6. The van der Waals surface area contributed by atoms with Gasteiger partial charge in [-0.05, 0) is 37.3 Å². The number of halogens is 3. The first kappa shape index (κ1) is 22.7. The minimum absolute atomic E-state index is 0.159. The fourth-order valence-electron chi connectivity index (χ4n) is 3.67. The van der Waals surface area contributed by atoms with E-state index in [4.69, 9.17) is 0 Å². The predicted molar refractivity (Wildman–Crippen MR) is 105 cm³/mol. The molecule has 1 saturated carbocycles. The van der Waals surface area contributed by atoms with Crippen molar-refractivity contribution in [3.05, 3.63) is 28.7 Å². The SMILES string of the molecule is N#C[C@H](C[C@@H]1CCNC1=O)NC(=O)C(CC1CC1)n1cccc(NCC(F)(F)F)c1=O. The number of hydrogen-bond acceptors (Lipinski definition) is 5. The first-order valence-electron chi connectivity index (χ1n) is 10.2. The quantitative estimate of drug-likeness (QED) is 0.542. The summed E-state index contributed by atoms with van der Waals surface area (Å²) in [4.78, 5) is 37.5. The van der Waals surface area contributed by atoms with Gasteiger partial charge in [0.25, 0.3) is 5.56 Å². The maximum atomic E-state index is 13.0. The van der Waals surface area contributed by atoms with Crippen LogP contribution in [0.15, 0.2) is 23.1 Å². The normalized spacial score (nSPS) is 20.5. The van der Waals surface area contributed by atoms with E-state index in [2.05, 4.69) is 16.0 Å². The van der Waals surface area contributed by atoms with Crippen LogP contribution < -0.4 is 21.5 Å². The van der Waals surface area contributed by atoms with Crippen LogP contribution in [-0.4, -0.2) is 41.7 Å². The molecule has 2 amide bonds. The van der Waals surface area contributed by atoms with Crippen molar-refractivity contribution >= 4 is 17.5 Å². The average molecular weight is 439 g/mol. The molecule has 2 heterocycles. The van der Waals surface area contributed by atoms with Gasteiger partial charge in [-0.3, -0.25) is 14.4 Å². The molecule has 0 radical (unpaired) electrons. The van der Waals surface area contributed by atoms with Crippen LogP contribution in [0.25, 0.3) is 0 Å². The Morgan fingerprint density at radius 1 is 1.29 bits per heavy atom. The maximum absolute atomic E-state index is 13.0. The third kappa shape index (κ3) is 6.23. The molecule has 8 nitrogen and oxygen atoms in total. The molecule has 3 rings (SSSR count). The molecule has 168 valence electrons. The summed E-state index contributed by atoms with van der Waals surface area (Å²) >= 11 is 0. The molecule has 1 aromatic heterocycles. The number of aromatic nitrogens is 1. The molecule has 11 heteroatoms. The molecule has 1 aromatic rings. The Hall–Kier alpha value is -3.03. The molecule has 0 bridgehead atoms. The van der Waals surface area contributed by atoms with Crippen molar-refractivity contribution in [2.24, 2.45) is 11.8 Å². The second-order valence-electron chi connectivity index (χ2n) is 8.00. The van der Waals surface area contributed by atoms with Gasteiger partial charge in [0.15, 0.2) is 0 Å². The van der Waals surface area contributed by atoms with E-state index in [1.165, 1.54) is 18.3 Å². The number of hydrogen-bond donors (Lipinski definition) is 3. The topological polar surface area (TPSA) is 116 Å². The van der Waals surface area contributed by atoms with Crippen molar-refractivity contribution < 1.29 is 22.8 Å². The predicted octanol–water partition coefficient (Wildman–Crippen LogP) is 1.70. The molecule has 1 unspecified atom stereocenters. The van der Waals surface area contributed by atoms with Gasteiger partial charge in [0.2, 0.25) is 11.8 Å². The van der Waals surface area contributed by atoms with Crippen molar-refractivity contribution in [1.82, 2.24) is 15.2 Å². The van der Waals surface area contributed by atoms with Crippen molar-refractivity contribution in [2.75, 3.05) is 18.4 Å². The lowest BCUT2D eigenvalue weighted by molar-refractivity contribution is -0.126. The summed E-state index contributed by atoms with van der Waals surface area (Å²) in [5, 5.41) is 16.8. The summed E-state index contributed by atoms with van der Waals surface area (Å²) in [5.74, 6) is -0.865. The summed E-state index contributed by atoms with van der Waals surface area (Å²) in [6, 6.07) is 2.74. The highest BCUT2D eigenvalue weighted by atomic mass is 19.4. The van der Waals surface area contributed by atoms with E-state index in [0.717, 1.165) is 17.4 Å². The lowest BCUT2D eigenvalue weighted by atomic mass is 9.98. The summed E-state index contributed by atoms with van der Waals surface area (Å²) in [6.45, 7) is -0.848. The molecule has 1 aliphatic heterocycles. The third-order valence-corrected chi connectivity index (χ3v) is 5.50. The maximum Gasteiger partial charge on any atom is 0.405 e. The van der Waals surface area contributed by atoms with Crippen LogP contribution in [0, 0.1) is 23.2 Å². The number of nitriles is 1. The zero-order valence-corrected chi connectivity index (χ0v) is 16.7. The lowest BCUT2D eigenvalue weighted by Gasteiger charge is -2.22. The first-order chi connectivity index (χ1) is 14.7. The van der Waals surface area contributed by atoms with Gasteiger partial charge in [-0.15, -0.1) is 0 Å². The monoisotopic (exact) mass is 439 g/mol. The number of nitrogens with one attached hydrogen (secondary N) is 3. The van der Waals surface area contributed by atoms with Crippen LogP contribution in [0.4, 0.5) is 18.9 Å². The largest absolute Gasteiger partial charge is 0.405 e. The number of nitrogens with zero attached hydrogens (tertiary/aromatic N) is 2. The van der Waals surface area contributed by atoms with Gasteiger partial charge < -0.3 is 20.5 Å². The third-order valence-electron chi connectivity index (χ3n) is 5.50. The van der Waals surface area contributed by atoms with Gasteiger partial charge in [-0.1, -0.05) is 12.8 Å².